The maximum atomic E-state index is 8.12. The molecule has 0 fully saturated rings. The molecule has 0 aliphatic rings. The molecule has 0 saturated carbocycles. The van der Waals surface area contributed by atoms with E-state index in [0.29, 0.717) is 0 Å². The Kier molecular flexibility index (Phi) is 5.32. The summed E-state index contributed by atoms with van der Waals surface area (Å²) in [5, 5.41) is 8.12. The summed E-state index contributed by atoms with van der Waals surface area (Å²) in [7, 11) is 3.69. The zero-order valence-electron chi connectivity index (χ0n) is 3.52. The van der Waals surface area contributed by atoms with Gasteiger partial charge in [0.25, 0.3) is 0 Å². The number of aliphatic hydroxyl groups is 1. The number of hydrogen-bond donors (Lipinski definition) is 1. The van der Waals surface area contributed by atoms with Crippen LogP contribution in [0.2, 0.25) is 0 Å². The fourth-order valence-corrected chi connectivity index (χ4v) is 0.316. The molecular formula is C4H7OP. The molecule has 0 spiro atoms. The predicted molar refractivity (Wildman–Crippen MR) is 27.1 cm³/mol. The topological polar surface area (TPSA) is 20.2 Å². The van der Waals surface area contributed by atoms with Gasteiger partial charge in [-0.3, -0.25) is 0 Å². The van der Waals surface area contributed by atoms with Crippen LogP contribution in [0.25, 0.3) is 0 Å². The number of aliphatic hydroxyl groups excluding tert-OH is 1. The minimum absolute atomic E-state index is 0.244. The van der Waals surface area contributed by atoms with E-state index in [0.717, 1.165) is 12.8 Å². The first-order valence-electron chi connectivity index (χ1n) is 1.89. The summed E-state index contributed by atoms with van der Waals surface area (Å²) in [5.74, 6) is 0. The Morgan fingerprint density at radius 3 is 2.50 bits per heavy atom. The van der Waals surface area contributed by atoms with E-state index >= 15 is 0 Å². The van der Waals surface area contributed by atoms with Crippen LogP contribution in [-0.2, 0) is 0 Å². The van der Waals surface area contributed by atoms with Crippen LogP contribution < -0.4 is 0 Å². The van der Waals surface area contributed by atoms with Crippen molar-refractivity contribution in [2.75, 3.05) is 6.61 Å². The molecule has 0 radical (unpaired) electrons. The SMILES string of the molecule is OCCCC#P. The molecule has 1 N–H and O–H groups in total. The quantitative estimate of drug-likeness (QED) is 0.409. The van der Waals surface area contributed by atoms with Gasteiger partial charge in [-0.2, -0.15) is 0 Å². The summed E-state index contributed by atoms with van der Waals surface area (Å²) < 4.78 is 0. The second-order valence-electron chi connectivity index (χ2n) is 0.985. The van der Waals surface area contributed by atoms with Crippen molar-refractivity contribution in [2.24, 2.45) is 0 Å². The summed E-state index contributed by atoms with van der Waals surface area (Å²) >= 11 is 0. The Balaban J connectivity index is 2.54. The zero-order chi connectivity index (χ0) is 4.83. The molecule has 0 saturated heterocycles. The van der Waals surface area contributed by atoms with Crippen LogP contribution >= 0.6 is 8.70 Å². The van der Waals surface area contributed by atoms with Gasteiger partial charge in [-0.1, -0.05) is 0 Å². The molecule has 0 aromatic rings. The molecule has 0 aromatic heterocycles. The van der Waals surface area contributed by atoms with Gasteiger partial charge >= 0.3 is 38.9 Å². The van der Waals surface area contributed by atoms with E-state index in [-0.39, 0.29) is 6.61 Å². The van der Waals surface area contributed by atoms with E-state index < -0.39 is 0 Å². The van der Waals surface area contributed by atoms with Gasteiger partial charge in [0.05, 0.1) is 0 Å². The Labute approximate surface area is 39.9 Å². The third kappa shape index (κ3) is 4.17. The Morgan fingerprint density at radius 1 is 1.67 bits per heavy atom. The van der Waals surface area contributed by atoms with Gasteiger partial charge < -0.3 is 0 Å². The maximum absolute atomic E-state index is 8.12. The number of rotatable bonds is 2. The molecule has 2 heteroatoms. The normalized spacial score (nSPS) is 7.33. The van der Waals surface area contributed by atoms with E-state index in [9.17, 15) is 0 Å². The molecule has 0 bridgehead atoms. The van der Waals surface area contributed by atoms with Crippen molar-refractivity contribution in [2.45, 2.75) is 12.8 Å². The Hall–Kier alpha value is 0.170. The molecule has 1 nitrogen and oxygen atoms in total. The van der Waals surface area contributed by atoms with Gasteiger partial charge in [0.15, 0.2) is 0 Å². The van der Waals surface area contributed by atoms with Crippen LogP contribution in [0.1, 0.15) is 12.8 Å². The van der Waals surface area contributed by atoms with E-state index in [1.165, 1.54) is 0 Å². The van der Waals surface area contributed by atoms with E-state index in [4.69, 9.17) is 5.11 Å². The van der Waals surface area contributed by atoms with Gasteiger partial charge in [0.2, 0.25) is 0 Å². The predicted octanol–water partition coefficient (Wildman–Crippen LogP) is 1.13. The molecule has 0 rings (SSSR count). The van der Waals surface area contributed by atoms with Gasteiger partial charge in [-0.05, 0) is 0 Å². The third-order valence-electron chi connectivity index (χ3n) is 0.447. The molecule has 0 aliphatic carbocycles. The first kappa shape index (κ1) is 6.17. The summed E-state index contributed by atoms with van der Waals surface area (Å²) in [5.41, 5.74) is 2.60. The second kappa shape index (κ2) is 5.17. The van der Waals surface area contributed by atoms with Gasteiger partial charge in [-0.25, -0.2) is 0 Å². The van der Waals surface area contributed by atoms with Crippen molar-refractivity contribution >= 4 is 8.70 Å². The molecule has 6 heavy (non-hydrogen) atoms. The van der Waals surface area contributed by atoms with Crippen LogP contribution in [0.5, 0.6) is 0 Å². The molecule has 0 atom stereocenters. The van der Waals surface area contributed by atoms with E-state index in [2.05, 4.69) is 14.3 Å². The first-order valence-corrected chi connectivity index (χ1v) is 2.34. The summed E-state index contributed by atoms with van der Waals surface area (Å²) in [4.78, 5) is 0. The average Bonchev–Trinajstić information content (AvgIpc) is 1.61. The van der Waals surface area contributed by atoms with Crippen LogP contribution in [0.15, 0.2) is 0 Å². The van der Waals surface area contributed by atoms with Crippen LogP contribution in [-0.4, -0.2) is 11.7 Å². The molecule has 0 heterocycles. The molecule has 0 amide bonds. The monoisotopic (exact) mass is 102 g/mol. The van der Waals surface area contributed by atoms with Crippen molar-refractivity contribution in [1.29, 1.82) is 0 Å². The summed E-state index contributed by atoms with van der Waals surface area (Å²) in [6, 6.07) is 0. The van der Waals surface area contributed by atoms with Crippen LogP contribution in [0.3, 0.4) is 0 Å². The molecule has 0 unspecified atom stereocenters. The molecule has 34 valence electrons. The van der Waals surface area contributed by atoms with Gasteiger partial charge in [0, 0.05) is 0 Å². The summed E-state index contributed by atoms with van der Waals surface area (Å²) in [6.45, 7) is 0.244. The Bertz CT molecular complexity index is 55.1. The molecule has 0 aromatic carbocycles. The number of unbranched alkanes of at least 4 members (excludes halogenated alkanes) is 1. The van der Waals surface area contributed by atoms with Crippen molar-refractivity contribution in [3.8, 4) is 5.63 Å². The van der Waals surface area contributed by atoms with Crippen LogP contribution in [0.4, 0.5) is 0 Å². The summed E-state index contributed by atoms with van der Waals surface area (Å²) in [6.07, 6.45) is 1.56. The zero-order valence-corrected chi connectivity index (χ0v) is 4.41. The number of hydrogen-bond acceptors (Lipinski definition) is 1. The van der Waals surface area contributed by atoms with Crippen LogP contribution in [0, 0.1) is 5.63 Å². The van der Waals surface area contributed by atoms with Crippen molar-refractivity contribution < 1.29 is 5.11 Å². The second-order valence-corrected chi connectivity index (χ2v) is 1.30. The van der Waals surface area contributed by atoms with Gasteiger partial charge in [-0.15, -0.1) is 0 Å². The van der Waals surface area contributed by atoms with E-state index in [1.54, 1.807) is 0 Å². The minimum atomic E-state index is 0.244. The van der Waals surface area contributed by atoms with Crippen molar-refractivity contribution in [3.05, 3.63) is 0 Å². The fourth-order valence-electron chi connectivity index (χ4n) is 0.158. The molecule has 0 aliphatic heterocycles. The van der Waals surface area contributed by atoms with E-state index in [1.807, 2.05) is 0 Å². The van der Waals surface area contributed by atoms with Gasteiger partial charge in [0.1, 0.15) is 0 Å². The first-order chi connectivity index (χ1) is 2.91. The average molecular weight is 102 g/mol. The Morgan fingerprint density at radius 2 is 2.33 bits per heavy atom. The fraction of sp³-hybridized carbons (Fsp3) is 0.750. The molecular weight excluding hydrogens is 95.0 g/mol. The standard InChI is InChI=1S/C4H7OP/c5-3-1-2-4-6/h5H,1-3H2. The van der Waals surface area contributed by atoms with Crippen molar-refractivity contribution in [3.63, 3.8) is 0 Å². The van der Waals surface area contributed by atoms with Crippen molar-refractivity contribution in [1.82, 2.24) is 0 Å². The third-order valence-corrected chi connectivity index (χ3v) is 0.670.